The summed E-state index contributed by atoms with van der Waals surface area (Å²) in [4.78, 5) is 26.3. The second-order valence-electron chi connectivity index (χ2n) is 7.68. The number of carboxylic acid groups (broad SMARTS) is 1. The summed E-state index contributed by atoms with van der Waals surface area (Å²) >= 11 is 12.1. The number of carboxylic acids is 1. The quantitative estimate of drug-likeness (QED) is 0.653. The number of carbonyl (C=O) groups excluding carboxylic acids is 1. The molecule has 2 aromatic carbocycles. The number of halogens is 3. The van der Waals surface area contributed by atoms with E-state index in [9.17, 15) is 19.1 Å². The van der Waals surface area contributed by atoms with Crippen molar-refractivity contribution in [3.8, 4) is 0 Å². The van der Waals surface area contributed by atoms with E-state index in [0.717, 1.165) is 5.56 Å². The zero-order valence-electron chi connectivity index (χ0n) is 16.1. The van der Waals surface area contributed by atoms with Crippen molar-refractivity contribution in [3.05, 3.63) is 69.5 Å². The van der Waals surface area contributed by atoms with Crippen LogP contribution in [0.1, 0.15) is 49.8 Å². The van der Waals surface area contributed by atoms with Gasteiger partial charge in [0.05, 0.1) is 12.5 Å². The van der Waals surface area contributed by atoms with Crippen LogP contribution in [-0.4, -0.2) is 27.9 Å². The molecule has 0 unspecified atom stereocenters. The Morgan fingerprint density at radius 2 is 1.79 bits per heavy atom. The van der Waals surface area contributed by atoms with Gasteiger partial charge in [-0.25, -0.2) is 4.39 Å². The zero-order valence-corrected chi connectivity index (χ0v) is 17.6. The van der Waals surface area contributed by atoms with E-state index < -0.39 is 17.7 Å². The second kappa shape index (κ2) is 8.72. The lowest BCUT2D eigenvalue weighted by Crippen LogP contribution is -2.50. The maximum Gasteiger partial charge on any atom is 0.304 e. The summed E-state index contributed by atoms with van der Waals surface area (Å²) < 4.78 is 14.1. The van der Waals surface area contributed by atoms with Crippen LogP contribution in [0.2, 0.25) is 10.0 Å². The molecule has 0 aromatic heterocycles. The van der Waals surface area contributed by atoms with Gasteiger partial charge < -0.3 is 10.0 Å². The van der Waals surface area contributed by atoms with Gasteiger partial charge >= 0.3 is 5.97 Å². The van der Waals surface area contributed by atoms with Crippen molar-refractivity contribution < 1.29 is 19.1 Å². The predicted octanol–water partition coefficient (Wildman–Crippen LogP) is 5.69. The van der Waals surface area contributed by atoms with E-state index in [1.54, 1.807) is 23.1 Å². The van der Waals surface area contributed by atoms with Crippen molar-refractivity contribution in [2.75, 3.05) is 0 Å². The van der Waals surface area contributed by atoms with E-state index in [2.05, 4.69) is 0 Å². The van der Waals surface area contributed by atoms with Crippen molar-refractivity contribution in [2.45, 2.75) is 44.7 Å². The van der Waals surface area contributed by atoms with Crippen molar-refractivity contribution >= 4 is 35.1 Å². The normalized spacial score (nSPS) is 22.2. The average molecular weight is 438 g/mol. The first-order valence-electron chi connectivity index (χ1n) is 9.42. The van der Waals surface area contributed by atoms with Crippen molar-refractivity contribution in [1.82, 2.24) is 4.90 Å². The fraction of sp³-hybridized carbons (Fsp3) is 0.364. The first kappa shape index (κ1) is 21.6. The molecule has 1 N–H and O–H groups in total. The Hall–Kier alpha value is -2.11. The van der Waals surface area contributed by atoms with Crippen molar-refractivity contribution in [1.29, 1.82) is 0 Å². The maximum atomic E-state index is 14.1. The van der Waals surface area contributed by atoms with Gasteiger partial charge in [-0.3, -0.25) is 9.59 Å². The molecule has 4 nitrogen and oxygen atoms in total. The molecule has 1 heterocycles. The van der Waals surface area contributed by atoms with Crippen molar-refractivity contribution in [2.24, 2.45) is 5.92 Å². The summed E-state index contributed by atoms with van der Waals surface area (Å²) in [7, 11) is 0. The summed E-state index contributed by atoms with van der Waals surface area (Å²) in [5, 5.41) is 10.1. The third-order valence-electron chi connectivity index (χ3n) is 5.32. The van der Waals surface area contributed by atoms with Gasteiger partial charge in [-0.2, -0.15) is 0 Å². The highest BCUT2D eigenvalue weighted by atomic mass is 35.5. The molecule has 1 amide bonds. The number of hydrogen-bond donors (Lipinski definition) is 1. The van der Waals surface area contributed by atoms with Gasteiger partial charge in [0.25, 0.3) is 0 Å². The van der Waals surface area contributed by atoms with E-state index >= 15 is 0 Å². The number of piperidine rings is 1. The van der Waals surface area contributed by atoms with Crippen LogP contribution in [-0.2, 0) is 9.59 Å². The lowest BCUT2D eigenvalue weighted by atomic mass is 9.74. The van der Waals surface area contributed by atoms with Crippen LogP contribution < -0.4 is 0 Å². The Kier molecular flexibility index (Phi) is 6.49. The number of carbonyl (C=O) groups is 2. The minimum absolute atomic E-state index is 0.175. The molecular weight excluding hydrogens is 416 g/mol. The fourth-order valence-electron chi connectivity index (χ4n) is 4.20. The van der Waals surface area contributed by atoms with Gasteiger partial charge in [-0.15, -0.1) is 0 Å². The van der Waals surface area contributed by atoms with Gasteiger partial charge in [-0.05, 0) is 61.7 Å². The molecule has 3 rings (SSSR count). The number of likely N-dealkylation sites (tertiary alicyclic amines) is 1. The molecule has 154 valence electrons. The second-order valence-corrected chi connectivity index (χ2v) is 8.55. The molecule has 0 radical (unpaired) electrons. The topological polar surface area (TPSA) is 57.6 Å². The first-order chi connectivity index (χ1) is 13.7. The molecule has 1 saturated heterocycles. The van der Waals surface area contributed by atoms with Crippen LogP contribution in [0.15, 0.2) is 42.5 Å². The summed E-state index contributed by atoms with van der Waals surface area (Å²) in [5.41, 5.74) is 1.50. The highest BCUT2D eigenvalue weighted by molar-refractivity contribution is 6.30. The lowest BCUT2D eigenvalue weighted by Gasteiger charge is -2.47. The van der Waals surface area contributed by atoms with Crippen LogP contribution in [0.5, 0.6) is 0 Å². The third-order valence-corrected chi connectivity index (χ3v) is 5.80. The summed E-state index contributed by atoms with van der Waals surface area (Å²) in [5.74, 6) is -2.71. The van der Waals surface area contributed by atoms with Crippen LogP contribution in [0.4, 0.5) is 4.39 Å². The molecule has 2 aromatic rings. The molecule has 1 aliphatic rings. The maximum absolute atomic E-state index is 14.1. The minimum Gasteiger partial charge on any atom is -0.481 e. The zero-order chi connectivity index (χ0) is 21.3. The summed E-state index contributed by atoms with van der Waals surface area (Å²) in [6.07, 6.45) is 0.0242. The highest BCUT2D eigenvalue weighted by Crippen LogP contribution is 2.47. The van der Waals surface area contributed by atoms with Gasteiger partial charge in [0, 0.05) is 27.9 Å². The van der Waals surface area contributed by atoms with E-state index in [1.165, 1.54) is 12.1 Å². The molecule has 1 aliphatic heterocycles. The van der Waals surface area contributed by atoms with Gasteiger partial charge in [-0.1, -0.05) is 35.3 Å². The number of nitrogens with zero attached hydrogens (tertiary/aromatic N) is 1. The molecular formula is C22H22Cl2FNO3. The van der Waals surface area contributed by atoms with Gasteiger partial charge in [0.1, 0.15) is 5.82 Å². The average Bonchev–Trinajstić information content (AvgIpc) is 2.62. The first-order valence-corrected chi connectivity index (χ1v) is 10.2. The Labute approximate surface area is 179 Å². The Morgan fingerprint density at radius 3 is 2.34 bits per heavy atom. The smallest absolute Gasteiger partial charge is 0.304 e. The van der Waals surface area contributed by atoms with E-state index in [1.807, 2.05) is 26.0 Å². The Balaban J connectivity index is 2.15. The molecule has 0 spiro atoms. The van der Waals surface area contributed by atoms with E-state index in [-0.39, 0.29) is 35.4 Å². The summed E-state index contributed by atoms with van der Waals surface area (Å²) in [6.45, 7) is 3.78. The van der Waals surface area contributed by atoms with Gasteiger partial charge in [0.2, 0.25) is 5.91 Å². The minimum atomic E-state index is -1.03. The van der Waals surface area contributed by atoms with Crippen LogP contribution >= 0.6 is 23.2 Å². The Bertz CT molecular complexity index is 897. The monoisotopic (exact) mass is 437 g/mol. The lowest BCUT2D eigenvalue weighted by molar-refractivity contribution is -0.151. The fourth-order valence-corrected chi connectivity index (χ4v) is 4.55. The molecule has 3 atom stereocenters. The van der Waals surface area contributed by atoms with Crippen molar-refractivity contribution in [3.63, 3.8) is 0 Å². The van der Waals surface area contributed by atoms with Crippen LogP contribution in [0, 0.1) is 11.7 Å². The molecule has 0 bridgehead atoms. The van der Waals surface area contributed by atoms with E-state index in [0.29, 0.717) is 17.0 Å². The number of benzene rings is 2. The molecule has 1 fully saturated rings. The largest absolute Gasteiger partial charge is 0.481 e. The number of hydrogen-bond acceptors (Lipinski definition) is 2. The Morgan fingerprint density at radius 1 is 1.14 bits per heavy atom. The number of rotatable bonds is 5. The molecule has 7 heteroatoms. The number of aliphatic carboxylic acids is 1. The molecule has 0 saturated carbocycles. The van der Waals surface area contributed by atoms with Crippen LogP contribution in [0.25, 0.3) is 0 Å². The van der Waals surface area contributed by atoms with E-state index in [4.69, 9.17) is 23.2 Å². The van der Waals surface area contributed by atoms with Crippen LogP contribution in [0.3, 0.4) is 0 Å². The third kappa shape index (κ3) is 4.73. The molecule has 29 heavy (non-hydrogen) atoms. The predicted molar refractivity (Wildman–Crippen MR) is 111 cm³/mol. The molecule has 0 aliphatic carbocycles. The summed E-state index contributed by atoms with van der Waals surface area (Å²) in [6, 6.07) is 11.0. The standard InChI is InChI=1S/C22H22Cl2FNO3/c1-12(2)26-21(13-3-5-16(23)6-4-13)19(9-15(22(26)29)10-20(27)28)14-7-17(24)11-18(25)8-14/h3-8,11-12,15,19,21H,9-10H2,1-2H3,(H,27,28)/t15-,19-,21-/m1/s1. The number of amides is 1. The SMILES string of the molecule is CC(C)N1C(=O)[C@@H](CC(=O)O)C[C@H](c2cc(F)cc(Cl)c2)[C@H]1c1ccc(Cl)cc1. The highest BCUT2D eigenvalue weighted by Gasteiger charge is 2.44. The van der Waals surface area contributed by atoms with Gasteiger partial charge in [0.15, 0.2) is 0 Å².